The number of para-hydroxylation sites is 2. The van der Waals surface area contributed by atoms with E-state index in [2.05, 4.69) is 10.1 Å². The Hall–Kier alpha value is -3.01. The lowest BCUT2D eigenvalue weighted by Gasteiger charge is -2.13. The van der Waals surface area contributed by atoms with E-state index in [0.29, 0.717) is 12.0 Å². The van der Waals surface area contributed by atoms with Gasteiger partial charge in [-0.25, -0.2) is 0 Å². The molecule has 0 spiro atoms. The van der Waals surface area contributed by atoms with Gasteiger partial charge in [-0.2, -0.15) is 5.26 Å². The van der Waals surface area contributed by atoms with E-state index in [4.69, 9.17) is 5.26 Å². The van der Waals surface area contributed by atoms with Gasteiger partial charge in [-0.05, 0) is 36.2 Å². The average molecular weight is 334 g/mol. The van der Waals surface area contributed by atoms with Crippen molar-refractivity contribution in [2.45, 2.75) is 19.2 Å². The third-order valence-electron chi connectivity index (χ3n) is 3.11. The Bertz CT molecular complexity index is 750. The van der Waals surface area contributed by atoms with Crippen LogP contribution in [0.15, 0.2) is 48.5 Å². The van der Waals surface area contributed by atoms with Gasteiger partial charge in [0.15, 0.2) is 5.75 Å². The second-order valence-corrected chi connectivity index (χ2v) is 4.90. The highest BCUT2D eigenvalue weighted by Crippen LogP contribution is 2.30. The third kappa shape index (κ3) is 5.32. The number of ether oxygens (including phenoxy) is 1. The number of rotatable bonds is 5. The molecule has 1 N–H and O–H groups in total. The molecule has 2 rings (SSSR count). The summed E-state index contributed by atoms with van der Waals surface area (Å²) in [5.74, 6) is -0.894. The topological polar surface area (TPSA) is 62.1 Å². The maximum absolute atomic E-state index is 12.3. The summed E-state index contributed by atoms with van der Waals surface area (Å²) in [7, 11) is 0. The van der Waals surface area contributed by atoms with Crippen molar-refractivity contribution in [1.82, 2.24) is 0 Å². The van der Waals surface area contributed by atoms with Gasteiger partial charge < -0.3 is 10.1 Å². The molecule has 0 radical (unpaired) electrons. The van der Waals surface area contributed by atoms with Crippen LogP contribution >= 0.6 is 0 Å². The standard InChI is InChI=1S/C17H13F3N2O2/c18-17(19,20)24-15-4-2-1-3-14(15)22-16(23)10-9-12-5-7-13(11-21)8-6-12/h1-8H,9-10H2,(H,22,23). The van der Waals surface area contributed by atoms with Crippen LogP contribution < -0.4 is 10.1 Å². The number of carbonyl (C=O) groups is 1. The minimum atomic E-state index is -4.83. The molecule has 0 fully saturated rings. The quantitative estimate of drug-likeness (QED) is 0.898. The van der Waals surface area contributed by atoms with Gasteiger partial charge in [-0.3, -0.25) is 4.79 Å². The Labute approximate surface area is 136 Å². The predicted octanol–water partition coefficient (Wildman–Crippen LogP) is 4.03. The molecule has 0 bridgehead atoms. The average Bonchev–Trinajstić information content (AvgIpc) is 2.54. The van der Waals surface area contributed by atoms with Crippen molar-refractivity contribution in [3.05, 3.63) is 59.7 Å². The van der Waals surface area contributed by atoms with Crippen LogP contribution in [0.25, 0.3) is 0 Å². The molecule has 0 saturated heterocycles. The van der Waals surface area contributed by atoms with E-state index >= 15 is 0 Å². The molecule has 0 aromatic heterocycles. The second-order valence-electron chi connectivity index (χ2n) is 4.90. The number of carbonyl (C=O) groups excluding carboxylic acids is 1. The molecule has 0 aliphatic rings. The number of amides is 1. The van der Waals surface area contributed by atoms with E-state index in [0.717, 1.165) is 11.6 Å². The molecular formula is C17H13F3N2O2. The summed E-state index contributed by atoms with van der Waals surface area (Å²) in [6, 6.07) is 14.1. The van der Waals surface area contributed by atoms with Crippen molar-refractivity contribution in [3.63, 3.8) is 0 Å². The lowest BCUT2D eigenvalue weighted by Crippen LogP contribution is -2.19. The zero-order chi connectivity index (χ0) is 17.6. The van der Waals surface area contributed by atoms with E-state index in [1.54, 1.807) is 24.3 Å². The first-order valence-corrected chi connectivity index (χ1v) is 7.01. The van der Waals surface area contributed by atoms with E-state index in [9.17, 15) is 18.0 Å². The first-order chi connectivity index (χ1) is 11.4. The maximum atomic E-state index is 12.3. The highest BCUT2D eigenvalue weighted by Gasteiger charge is 2.32. The highest BCUT2D eigenvalue weighted by molar-refractivity contribution is 5.92. The summed E-state index contributed by atoms with van der Waals surface area (Å²) in [4.78, 5) is 11.9. The largest absolute Gasteiger partial charge is 0.573 e. The SMILES string of the molecule is N#Cc1ccc(CCC(=O)Nc2ccccc2OC(F)(F)F)cc1. The summed E-state index contributed by atoms with van der Waals surface area (Å²) in [5, 5.41) is 11.1. The van der Waals surface area contributed by atoms with Crippen molar-refractivity contribution in [3.8, 4) is 11.8 Å². The molecule has 0 unspecified atom stereocenters. The molecular weight excluding hydrogens is 321 g/mol. The number of nitriles is 1. The fraction of sp³-hybridized carbons (Fsp3) is 0.176. The first-order valence-electron chi connectivity index (χ1n) is 7.01. The van der Waals surface area contributed by atoms with Crippen molar-refractivity contribution < 1.29 is 22.7 Å². The van der Waals surface area contributed by atoms with E-state index in [1.165, 1.54) is 18.2 Å². The van der Waals surface area contributed by atoms with E-state index in [-0.39, 0.29) is 12.1 Å². The molecule has 7 heteroatoms. The molecule has 2 aromatic carbocycles. The molecule has 0 saturated carbocycles. The predicted molar refractivity (Wildman–Crippen MR) is 81.2 cm³/mol. The second kappa shape index (κ2) is 7.51. The van der Waals surface area contributed by atoms with Crippen LogP contribution in [0, 0.1) is 11.3 Å². The minimum absolute atomic E-state index is 0.0420. The number of alkyl halides is 3. The van der Waals surface area contributed by atoms with Gasteiger partial charge in [0.1, 0.15) is 0 Å². The number of hydrogen-bond donors (Lipinski definition) is 1. The monoisotopic (exact) mass is 334 g/mol. The van der Waals surface area contributed by atoms with Gasteiger partial charge in [-0.15, -0.1) is 13.2 Å². The van der Waals surface area contributed by atoms with Crippen LogP contribution in [0.4, 0.5) is 18.9 Å². The van der Waals surface area contributed by atoms with Crippen LogP contribution in [0.5, 0.6) is 5.75 Å². The number of aryl methyl sites for hydroxylation is 1. The van der Waals surface area contributed by atoms with Gasteiger partial charge in [0.05, 0.1) is 17.3 Å². The molecule has 1 amide bonds. The molecule has 4 nitrogen and oxygen atoms in total. The van der Waals surface area contributed by atoms with E-state index < -0.39 is 18.0 Å². The van der Waals surface area contributed by atoms with Gasteiger partial charge in [0, 0.05) is 6.42 Å². The van der Waals surface area contributed by atoms with Crippen molar-refractivity contribution >= 4 is 11.6 Å². The fourth-order valence-corrected chi connectivity index (χ4v) is 2.00. The normalized spacial score (nSPS) is 10.8. The van der Waals surface area contributed by atoms with Gasteiger partial charge in [-0.1, -0.05) is 24.3 Å². The lowest BCUT2D eigenvalue weighted by molar-refractivity contribution is -0.274. The van der Waals surface area contributed by atoms with Crippen LogP contribution in [0.1, 0.15) is 17.5 Å². The Morgan fingerprint density at radius 2 is 1.79 bits per heavy atom. The molecule has 0 aliphatic carbocycles. The van der Waals surface area contributed by atoms with Crippen molar-refractivity contribution in [2.75, 3.05) is 5.32 Å². The van der Waals surface area contributed by atoms with Gasteiger partial charge in [0.2, 0.25) is 5.91 Å². The number of nitrogens with zero attached hydrogens (tertiary/aromatic N) is 1. The zero-order valence-electron chi connectivity index (χ0n) is 12.4. The fourth-order valence-electron chi connectivity index (χ4n) is 2.00. The maximum Gasteiger partial charge on any atom is 0.573 e. The number of hydrogen-bond acceptors (Lipinski definition) is 3. The number of anilines is 1. The zero-order valence-corrected chi connectivity index (χ0v) is 12.4. The number of halogens is 3. The smallest absolute Gasteiger partial charge is 0.404 e. The van der Waals surface area contributed by atoms with Crippen molar-refractivity contribution in [2.24, 2.45) is 0 Å². The Morgan fingerprint density at radius 3 is 2.42 bits per heavy atom. The van der Waals surface area contributed by atoms with Gasteiger partial charge in [0.25, 0.3) is 0 Å². The molecule has 0 heterocycles. The molecule has 24 heavy (non-hydrogen) atoms. The number of benzene rings is 2. The Balaban J connectivity index is 1.96. The highest BCUT2D eigenvalue weighted by atomic mass is 19.4. The summed E-state index contributed by atoms with van der Waals surface area (Å²) in [6.07, 6.45) is -4.34. The van der Waals surface area contributed by atoms with E-state index in [1.807, 2.05) is 6.07 Å². The molecule has 124 valence electrons. The van der Waals surface area contributed by atoms with Crippen LogP contribution in [0.2, 0.25) is 0 Å². The van der Waals surface area contributed by atoms with Gasteiger partial charge >= 0.3 is 6.36 Å². The Kier molecular flexibility index (Phi) is 5.42. The van der Waals surface area contributed by atoms with Crippen LogP contribution in [0.3, 0.4) is 0 Å². The Morgan fingerprint density at radius 1 is 1.12 bits per heavy atom. The molecule has 0 atom stereocenters. The van der Waals surface area contributed by atoms with Crippen LogP contribution in [-0.4, -0.2) is 12.3 Å². The summed E-state index contributed by atoms with van der Waals surface area (Å²) in [5.41, 5.74) is 1.32. The number of nitrogens with one attached hydrogen (secondary N) is 1. The summed E-state index contributed by atoms with van der Waals surface area (Å²) in [6.45, 7) is 0. The summed E-state index contributed by atoms with van der Waals surface area (Å²) >= 11 is 0. The molecule has 2 aromatic rings. The first kappa shape index (κ1) is 17.3. The summed E-state index contributed by atoms with van der Waals surface area (Å²) < 4.78 is 40.9. The lowest BCUT2D eigenvalue weighted by atomic mass is 10.1. The molecule has 0 aliphatic heterocycles. The minimum Gasteiger partial charge on any atom is -0.404 e. The third-order valence-corrected chi connectivity index (χ3v) is 3.11. The van der Waals surface area contributed by atoms with Crippen molar-refractivity contribution in [1.29, 1.82) is 5.26 Å². The van der Waals surface area contributed by atoms with Crippen LogP contribution in [-0.2, 0) is 11.2 Å².